The van der Waals surface area contributed by atoms with Crippen LogP contribution in [0.2, 0.25) is 0 Å². The van der Waals surface area contributed by atoms with Gasteiger partial charge in [-0.05, 0) is 38.9 Å². The Morgan fingerprint density at radius 2 is 2.16 bits per heavy atom. The van der Waals surface area contributed by atoms with E-state index in [0.717, 1.165) is 32.5 Å². The quantitative estimate of drug-likeness (QED) is 0.894. The van der Waals surface area contributed by atoms with Crippen LogP contribution in [0.1, 0.15) is 12.8 Å². The SMILES string of the molecule is CNc1ncc(F)c(N(C)CC2CCN(C)CC2)n1. The fraction of sp³-hybridized carbons (Fsp3) is 0.692. The number of aromatic nitrogens is 2. The molecule has 106 valence electrons. The molecule has 0 spiro atoms. The van der Waals surface area contributed by atoms with Crippen LogP contribution in [0.25, 0.3) is 0 Å². The lowest BCUT2D eigenvalue weighted by atomic mass is 9.97. The average Bonchev–Trinajstić information content (AvgIpc) is 2.42. The van der Waals surface area contributed by atoms with E-state index in [4.69, 9.17) is 0 Å². The predicted molar refractivity (Wildman–Crippen MR) is 75.0 cm³/mol. The number of hydrogen-bond donors (Lipinski definition) is 1. The van der Waals surface area contributed by atoms with Crippen molar-refractivity contribution in [3.63, 3.8) is 0 Å². The van der Waals surface area contributed by atoms with E-state index in [-0.39, 0.29) is 5.82 Å². The molecule has 1 aromatic heterocycles. The van der Waals surface area contributed by atoms with Gasteiger partial charge in [0, 0.05) is 20.6 Å². The van der Waals surface area contributed by atoms with Gasteiger partial charge >= 0.3 is 0 Å². The fourth-order valence-corrected chi connectivity index (χ4v) is 2.46. The molecule has 1 N–H and O–H groups in total. The topological polar surface area (TPSA) is 44.3 Å². The van der Waals surface area contributed by atoms with Gasteiger partial charge in [-0.15, -0.1) is 0 Å². The Morgan fingerprint density at radius 3 is 2.79 bits per heavy atom. The molecule has 0 saturated carbocycles. The van der Waals surface area contributed by atoms with E-state index >= 15 is 0 Å². The minimum atomic E-state index is -0.366. The van der Waals surface area contributed by atoms with E-state index < -0.39 is 0 Å². The molecule has 1 aliphatic heterocycles. The van der Waals surface area contributed by atoms with Gasteiger partial charge in [-0.2, -0.15) is 4.98 Å². The van der Waals surface area contributed by atoms with Gasteiger partial charge in [-0.25, -0.2) is 9.37 Å². The zero-order valence-electron chi connectivity index (χ0n) is 11.9. The van der Waals surface area contributed by atoms with Crippen molar-refractivity contribution >= 4 is 11.8 Å². The Balaban J connectivity index is 2.01. The van der Waals surface area contributed by atoms with Gasteiger partial charge in [-0.3, -0.25) is 0 Å². The van der Waals surface area contributed by atoms with Gasteiger partial charge in [0.2, 0.25) is 5.95 Å². The highest BCUT2D eigenvalue weighted by Gasteiger charge is 2.20. The van der Waals surface area contributed by atoms with Gasteiger partial charge in [0.1, 0.15) is 0 Å². The van der Waals surface area contributed by atoms with Crippen LogP contribution in [0.15, 0.2) is 6.20 Å². The maximum Gasteiger partial charge on any atom is 0.224 e. The highest BCUT2D eigenvalue weighted by molar-refractivity contribution is 5.42. The van der Waals surface area contributed by atoms with Crippen LogP contribution in [-0.2, 0) is 0 Å². The molecule has 1 aliphatic rings. The van der Waals surface area contributed by atoms with Gasteiger partial charge < -0.3 is 15.1 Å². The number of rotatable bonds is 4. The second-order valence-corrected chi connectivity index (χ2v) is 5.24. The van der Waals surface area contributed by atoms with Crippen LogP contribution in [0.5, 0.6) is 0 Å². The van der Waals surface area contributed by atoms with Crippen LogP contribution in [-0.4, -0.2) is 55.6 Å². The summed E-state index contributed by atoms with van der Waals surface area (Å²) in [6.45, 7) is 3.07. The fourth-order valence-electron chi connectivity index (χ4n) is 2.46. The van der Waals surface area contributed by atoms with Crippen molar-refractivity contribution in [1.29, 1.82) is 0 Å². The zero-order chi connectivity index (χ0) is 13.8. The van der Waals surface area contributed by atoms with Crippen LogP contribution in [0.4, 0.5) is 16.2 Å². The van der Waals surface area contributed by atoms with E-state index in [1.807, 2.05) is 11.9 Å². The normalized spacial score (nSPS) is 17.5. The van der Waals surface area contributed by atoms with Crippen LogP contribution < -0.4 is 10.2 Å². The Bertz CT molecular complexity index is 417. The first-order valence-corrected chi connectivity index (χ1v) is 6.70. The first-order chi connectivity index (χ1) is 9.10. The number of nitrogens with zero attached hydrogens (tertiary/aromatic N) is 4. The van der Waals surface area contributed by atoms with E-state index in [2.05, 4.69) is 27.2 Å². The Hall–Kier alpha value is -1.43. The third kappa shape index (κ3) is 3.53. The zero-order valence-corrected chi connectivity index (χ0v) is 11.9. The largest absolute Gasteiger partial charge is 0.357 e. The van der Waals surface area contributed by atoms with Crippen molar-refractivity contribution in [2.75, 3.05) is 51.0 Å². The predicted octanol–water partition coefficient (Wildman–Crippen LogP) is 1.44. The first-order valence-electron chi connectivity index (χ1n) is 6.70. The summed E-state index contributed by atoms with van der Waals surface area (Å²) < 4.78 is 13.8. The summed E-state index contributed by atoms with van der Waals surface area (Å²) in [5.41, 5.74) is 0. The lowest BCUT2D eigenvalue weighted by Crippen LogP contribution is -2.36. The van der Waals surface area contributed by atoms with Crippen LogP contribution in [0.3, 0.4) is 0 Å². The van der Waals surface area contributed by atoms with E-state index in [9.17, 15) is 4.39 Å². The molecule has 0 unspecified atom stereocenters. The first kappa shape index (κ1) is 14.0. The van der Waals surface area contributed by atoms with Gasteiger partial charge in [0.05, 0.1) is 6.20 Å². The van der Waals surface area contributed by atoms with Crippen molar-refractivity contribution < 1.29 is 4.39 Å². The molecule has 0 aromatic carbocycles. The number of likely N-dealkylation sites (tertiary alicyclic amines) is 1. The summed E-state index contributed by atoms with van der Waals surface area (Å²) in [5.74, 6) is 1.06. The number of halogens is 1. The summed E-state index contributed by atoms with van der Waals surface area (Å²) in [4.78, 5) is 12.3. The Morgan fingerprint density at radius 1 is 1.47 bits per heavy atom. The molecule has 0 atom stereocenters. The molecule has 0 radical (unpaired) electrons. The molecule has 2 rings (SSSR count). The number of piperidine rings is 1. The average molecular weight is 267 g/mol. The highest BCUT2D eigenvalue weighted by atomic mass is 19.1. The van der Waals surface area contributed by atoms with Crippen molar-refractivity contribution in [2.45, 2.75) is 12.8 Å². The Labute approximate surface area is 113 Å². The summed E-state index contributed by atoms with van der Waals surface area (Å²) >= 11 is 0. The van der Waals surface area contributed by atoms with Gasteiger partial charge in [0.15, 0.2) is 11.6 Å². The summed E-state index contributed by atoms with van der Waals surface area (Å²) in [6.07, 6.45) is 3.54. The molecule has 2 heterocycles. The maximum atomic E-state index is 13.8. The highest BCUT2D eigenvalue weighted by Crippen LogP contribution is 2.21. The second-order valence-electron chi connectivity index (χ2n) is 5.24. The molecule has 0 amide bonds. The van der Waals surface area contributed by atoms with Gasteiger partial charge in [-0.1, -0.05) is 0 Å². The molecule has 0 aliphatic carbocycles. The Kier molecular flexibility index (Phi) is 4.52. The molecular formula is C13H22FN5. The smallest absolute Gasteiger partial charge is 0.224 e. The maximum absolute atomic E-state index is 13.8. The van der Waals surface area contributed by atoms with E-state index in [1.54, 1.807) is 7.05 Å². The van der Waals surface area contributed by atoms with Crippen LogP contribution in [0, 0.1) is 11.7 Å². The van der Waals surface area contributed by atoms with Crippen LogP contribution >= 0.6 is 0 Å². The summed E-state index contributed by atoms with van der Waals surface area (Å²) in [6, 6.07) is 0. The third-order valence-corrected chi connectivity index (χ3v) is 3.68. The lowest BCUT2D eigenvalue weighted by Gasteiger charge is -2.32. The number of nitrogens with one attached hydrogen (secondary N) is 1. The molecule has 6 heteroatoms. The lowest BCUT2D eigenvalue weighted by molar-refractivity contribution is 0.222. The molecular weight excluding hydrogens is 245 g/mol. The van der Waals surface area contributed by atoms with E-state index in [0.29, 0.717) is 17.7 Å². The standard InChI is InChI=1S/C13H22FN5/c1-15-13-16-8-11(14)12(17-13)19(3)9-10-4-6-18(2)7-5-10/h8,10H,4-7,9H2,1-3H3,(H,15,16,17). The second kappa shape index (κ2) is 6.14. The minimum absolute atomic E-state index is 0.366. The monoisotopic (exact) mass is 267 g/mol. The van der Waals surface area contributed by atoms with Crippen molar-refractivity contribution in [1.82, 2.24) is 14.9 Å². The molecule has 19 heavy (non-hydrogen) atoms. The number of hydrogen-bond acceptors (Lipinski definition) is 5. The third-order valence-electron chi connectivity index (χ3n) is 3.68. The van der Waals surface area contributed by atoms with Gasteiger partial charge in [0.25, 0.3) is 0 Å². The van der Waals surface area contributed by atoms with Crippen molar-refractivity contribution in [3.8, 4) is 0 Å². The molecule has 1 fully saturated rings. The number of anilines is 2. The molecule has 0 bridgehead atoms. The van der Waals surface area contributed by atoms with E-state index in [1.165, 1.54) is 6.20 Å². The minimum Gasteiger partial charge on any atom is -0.357 e. The molecule has 1 aromatic rings. The summed E-state index contributed by atoms with van der Waals surface area (Å²) in [7, 11) is 5.76. The summed E-state index contributed by atoms with van der Waals surface area (Å²) in [5, 5.41) is 2.84. The van der Waals surface area contributed by atoms with Crippen molar-refractivity contribution in [2.24, 2.45) is 5.92 Å². The van der Waals surface area contributed by atoms with Crippen molar-refractivity contribution in [3.05, 3.63) is 12.0 Å². The molecule has 1 saturated heterocycles. The molecule has 5 nitrogen and oxygen atoms in total.